The lowest BCUT2D eigenvalue weighted by molar-refractivity contribution is 0.00734. The summed E-state index contributed by atoms with van der Waals surface area (Å²) < 4.78 is 10.6. The molecule has 0 spiro atoms. The molecule has 0 aliphatic carbocycles. The number of piperazine rings is 1. The topological polar surface area (TPSA) is 69.6 Å². The third-order valence-electron chi connectivity index (χ3n) is 5.07. The van der Waals surface area contributed by atoms with Crippen molar-refractivity contribution in [2.45, 2.75) is 26.8 Å². The van der Waals surface area contributed by atoms with Gasteiger partial charge in [-0.3, -0.25) is 9.89 Å². The monoisotopic (exact) mass is 369 g/mol. The second-order valence-corrected chi connectivity index (χ2v) is 7.06. The zero-order chi connectivity index (χ0) is 18.9. The number of hydrogen-bond donors (Lipinski definition) is 1. The Morgan fingerprint density at radius 2 is 1.73 bits per heavy atom. The number of ether oxygens (including phenoxy) is 2. The molecule has 1 amide bonds. The van der Waals surface area contributed by atoms with Crippen LogP contribution in [0.4, 0.5) is 4.79 Å². The first kappa shape index (κ1) is 20.8. The van der Waals surface area contributed by atoms with Crippen molar-refractivity contribution in [3.05, 3.63) is 0 Å². The van der Waals surface area contributed by atoms with E-state index in [4.69, 9.17) is 9.47 Å². The van der Waals surface area contributed by atoms with E-state index in [2.05, 4.69) is 34.0 Å². The summed E-state index contributed by atoms with van der Waals surface area (Å²) in [6, 6.07) is 0.455. The molecule has 0 saturated carbocycles. The van der Waals surface area contributed by atoms with Gasteiger partial charge in [0.05, 0.1) is 19.8 Å². The second-order valence-electron chi connectivity index (χ2n) is 7.06. The Morgan fingerprint density at radius 1 is 1.12 bits per heavy atom. The van der Waals surface area contributed by atoms with E-state index < -0.39 is 0 Å². The third kappa shape index (κ3) is 5.74. The smallest absolute Gasteiger partial charge is 0.409 e. The van der Waals surface area contributed by atoms with Crippen LogP contribution in [-0.2, 0) is 9.47 Å². The lowest BCUT2D eigenvalue weighted by Crippen LogP contribution is -2.56. The first-order valence-corrected chi connectivity index (χ1v) is 9.75. The van der Waals surface area contributed by atoms with Gasteiger partial charge in [-0.05, 0) is 12.8 Å². The van der Waals surface area contributed by atoms with Crippen LogP contribution in [0.15, 0.2) is 4.99 Å². The predicted octanol–water partition coefficient (Wildman–Crippen LogP) is 0.693. The van der Waals surface area contributed by atoms with E-state index in [0.717, 1.165) is 51.9 Å². The fourth-order valence-electron chi connectivity index (χ4n) is 3.54. The van der Waals surface area contributed by atoms with Crippen molar-refractivity contribution in [1.29, 1.82) is 0 Å². The molecule has 1 N–H and O–H groups in total. The number of morpholine rings is 1. The fourth-order valence-corrected chi connectivity index (χ4v) is 3.54. The molecule has 150 valence electrons. The van der Waals surface area contributed by atoms with Crippen molar-refractivity contribution < 1.29 is 14.3 Å². The molecule has 0 aromatic heterocycles. The Labute approximate surface area is 157 Å². The molecule has 0 aromatic carbocycles. The maximum absolute atomic E-state index is 11.8. The number of guanidine groups is 1. The first-order valence-electron chi connectivity index (χ1n) is 9.75. The maximum atomic E-state index is 11.8. The van der Waals surface area contributed by atoms with Crippen LogP contribution in [-0.4, -0.2) is 105 Å². The standard InChI is InChI=1S/C18H35N5O3/c1-5-26-18(24)23-8-6-22(7-9-23)17(19-4)20-14-16(15(2)3)21-10-12-25-13-11-21/h15-16H,5-14H2,1-4H3,(H,19,20). The SMILES string of the molecule is CCOC(=O)N1CCN(C(=NC)NCC(C(C)C)N2CCOCC2)CC1. The van der Waals surface area contributed by atoms with Crippen molar-refractivity contribution in [2.24, 2.45) is 10.9 Å². The number of aliphatic imine (C=N–C) groups is 1. The highest BCUT2D eigenvalue weighted by molar-refractivity contribution is 5.80. The molecule has 2 heterocycles. The highest BCUT2D eigenvalue weighted by Gasteiger charge is 2.26. The van der Waals surface area contributed by atoms with Crippen molar-refractivity contribution in [1.82, 2.24) is 20.0 Å². The maximum Gasteiger partial charge on any atom is 0.409 e. The number of carbonyl (C=O) groups excluding carboxylic acids is 1. The van der Waals surface area contributed by atoms with Gasteiger partial charge < -0.3 is 24.6 Å². The number of hydrogen-bond acceptors (Lipinski definition) is 5. The molecular weight excluding hydrogens is 334 g/mol. The van der Waals surface area contributed by atoms with Crippen molar-refractivity contribution in [3.8, 4) is 0 Å². The average Bonchev–Trinajstić information content (AvgIpc) is 2.66. The van der Waals surface area contributed by atoms with Gasteiger partial charge in [-0.25, -0.2) is 4.79 Å². The Morgan fingerprint density at radius 3 is 2.27 bits per heavy atom. The molecule has 0 radical (unpaired) electrons. The minimum absolute atomic E-state index is 0.220. The summed E-state index contributed by atoms with van der Waals surface area (Å²) in [6.07, 6.45) is -0.220. The minimum Gasteiger partial charge on any atom is -0.450 e. The molecule has 8 nitrogen and oxygen atoms in total. The van der Waals surface area contributed by atoms with Crippen LogP contribution in [0.2, 0.25) is 0 Å². The van der Waals surface area contributed by atoms with Gasteiger partial charge in [-0.2, -0.15) is 0 Å². The molecule has 2 rings (SSSR count). The van der Waals surface area contributed by atoms with Gasteiger partial charge in [0.2, 0.25) is 0 Å². The van der Waals surface area contributed by atoms with Crippen LogP contribution in [0.3, 0.4) is 0 Å². The lowest BCUT2D eigenvalue weighted by Gasteiger charge is -2.39. The first-order chi connectivity index (χ1) is 12.6. The van der Waals surface area contributed by atoms with Crippen LogP contribution >= 0.6 is 0 Å². The fraction of sp³-hybridized carbons (Fsp3) is 0.889. The van der Waals surface area contributed by atoms with Crippen LogP contribution < -0.4 is 5.32 Å². The van der Waals surface area contributed by atoms with E-state index in [1.54, 1.807) is 4.90 Å². The molecule has 2 fully saturated rings. The number of rotatable bonds is 5. The zero-order valence-corrected chi connectivity index (χ0v) is 16.7. The molecule has 2 saturated heterocycles. The van der Waals surface area contributed by atoms with E-state index in [-0.39, 0.29) is 6.09 Å². The van der Waals surface area contributed by atoms with Gasteiger partial charge in [0.1, 0.15) is 0 Å². The van der Waals surface area contributed by atoms with E-state index in [1.807, 2.05) is 14.0 Å². The van der Waals surface area contributed by atoms with Crippen molar-refractivity contribution in [2.75, 3.05) is 72.7 Å². The summed E-state index contributed by atoms with van der Waals surface area (Å²) >= 11 is 0. The number of nitrogens with zero attached hydrogens (tertiary/aromatic N) is 4. The Balaban J connectivity index is 1.84. The molecule has 1 unspecified atom stereocenters. The quantitative estimate of drug-likeness (QED) is 0.568. The Hall–Kier alpha value is -1.54. The summed E-state index contributed by atoms with van der Waals surface area (Å²) in [5.41, 5.74) is 0. The van der Waals surface area contributed by atoms with Gasteiger partial charge in [0, 0.05) is 58.9 Å². The molecular formula is C18H35N5O3. The minimum atomic E-state index is -0.220. The summed E-state index contributed by atoms with van der Waals surface area (Å²) in [5, 5.41) is 3.55. The van der Waals surface area contributed by atoms with Crippen molar-refractivity contribution >= 4 is 12.1 Å². The van der Waals surface area contributed by atoms with E-state index in [0.29, 0.717) is 31.7 Å². The largest absolute Gasteiger partial charge is 0.450 e. The Bertz CT molecular complexity index is 458. The second kappa shape index (κ2) is 10.6. The number of carbonyl (C=O) groups is 1. The highest BCUT2D eigenvalue weighted by atomic mass is 16.6. The van der Waals surface area contributed by atoms with Gasteiger partial charge >= 0.3 is 6.09 Å². The van der Waals surface area contributed by atoms with E-state index in [1.165, 1.54) is 0 Å². The van der Waals surface area contributed by atoms with Crippen LogP contribution in [0.1, 0.15) is 20.8 Å². The molecule has 1 atom stereocenters. The van der Waals surface area contributed by atoms with Crippen molar-refractivity contribution in [3.63, 3.8) is 0 Å². The van der Waals surface area contributed by atoms with Crippen LogP contribution in [0.5, 0.6) is 0 Å². The zero-order valence-electron chi connectivity index (χ0n) is 16.7. The van der Waals surface area contributed by atoms with Crippen LogP contribution in [0.25, 0.3) is 0 Å². The van der Waals surface area contributed by atoms with Gasteiger partial charge in [-0.15, -0.1) is 0 Å². The Kier molecular flexibility index (Phi) is 8.44. The van der Waals surface area contributed by atoms with E-state index in [9.17, 15) is 4.79 Å². The third-order valence-corrected chi connectivity index (χ3v) is 5.07. The molecule has 2 aliphatic heterocycles. The number of amides is 1. The summed E-state index contributed by atoms with van der Waals surface area (Å²) in [4.78, 5) is 22.8. The van der Waals surface area contributed by atoms with Gasteiger partial charge in [-0.1, -0.05) is 13.8 Å². The molecule has 8 heteroatoms. The number of nitrogens with one attached hydrogen (secondary N) is 1. The predicted molar refractivity (Wildman–Crippen MR) is 103 cm³/mol. The summed E-state index contributed by atoms with van der Waals surface area (Å²) in [5.74, 6) is 1.46. The van der Waals surface area contributed by atoms with E-state index >= 15 is 0 Å². The summed E-state index contributed by atoms with van der Waals surface area (Å²) in [6.45, 7) is 14.1. The molecule has 26 heavy (non-hydrogen) atoms. The molecule has 0 aromatic rings. The normalized spacial score (nSPS) is 21.0. The molecule has 2 aliphatic rings. The highest BCUT2D eigenvalue weighted by Crippen LogP contribution is 2.12. The average molecular weight is 370 g/mol. The summed E-state index contributed by atoms with van der Waals surface area (Å²) in [7, 11) is 1.82. The lowest BCUT2D eigenvalue weighted by atomic mass is 10.0. The van der Waals surface area contributed by atoms with Gasteiger partial charge in [0.15, 0.2) is 5.96 Å². The van der Waals surface area contributed by atoms with Gasteiger partial charge in [0.25, 0.3) is 0 Å². The van der Waals surface area contributed by atoms with Crippen LogP contribution in [0, 0.1) is 5.92 Å². The molecule has 0 bridgehead atoms.